The van der Waals surface area contributed by atoms with Gasteiger partial charge in [0.1, 0.15) is 6.61 Å². The first kappa shape index (κ1) is 24.4. The minimum Gasteiger partial charge on any atom is -0.480 e. The fraction of sp³-hybridized carbons (Fsp3) is 0.696. The lowest BCUT2D eigenvalue weighted by Crippen LogP contribution is -2.29. The zero-order valence-electron chi connectivity index (χ0n) is 17.8. The van der Waals surface area contributed by atoms with Gasteiger partial charge in [-0.3, -0.25) is 0 Å². The van der Waals surface area contributed by atoms with Gasteiger partial charge in [0.05, 0.1) is 17.7 Å². The fourth-order valence-electron chi connectivity index (χ4n) is 4.51. The maximum absolute atomic E-state index is 11.3. The highest BCUT2D eigenvalue weighted by Crippen LogP contribution is 2.41. The molecule has 5 atom stereocenters. The summed E-state index contributed by atoms with van der Waals surface area (Å²) in [6.45, 7) is 1.90. The number of aryl methyl sites for hydroxylation is 1. The molecule has 1 fully saturated rings. The fourth-order valence-corrected chi connectivity index (χ4v) is 4.51. The van der Waals surface area contributed by atoms with E-state index >= 15 is 0 Å². The van der Waals surface area contributed by atoms with Crippen LogP contribution in [0.25, 0.3) is 0 Å². The highest BCUT2D eigenvalue weighted by Gasteiger charge is 2.43. The second kappa shape index (κ2) is 12.1. The van der Waals surface area contributed by atoms with Gasteiger partial charge in [-0.1, -0.05) is 41.9 Å². The number of nitrogens with zero attached hydrogens (tertiary/aromatic N) is 1. The topological polar surface area (TPSA) is 116 Å². The summed E-state index contributed by atoms with van der Waals surface area (Å²) >= 11 is 0. The van der Waals surface area contributed by atoms with Crippen molar-refractivity contribution in [2.45, 2.75) is 76.0 Å². The number of carboxylic acids is 1. The lowest BCUT2D eigenvalue weighted by atomic mass is 9.81. The zero-order chi connectivity index (χ0) is 22.0. The Balaban J connectivity index is 1.81. The maximum Gasteiger partial charge on any atom is 0.329 e. The summed E-state index contributed by atoms with van der Waals surface area (Å²) in [5.74, 6) is -1.06. The first-order chi connectivity index (χ1) is 14.3. The van der Waals surface area contributed by atoms with Gasteiger partial charge in [-0.2, -0.15) is 4.91 Å². The summed E-state index contributed by atoms with van der Waals surface area (Å²) in [5, 5.41) is 33.1. The first-order valence-electron chi connectivity index (χ1n) is 10.9. The van der Waals surface area contributed by atoms with Crippen LogP contribution in [0.15, 0.2) is 35.5 Å². The minimum absolute atomic E-state index is 0.0305. The molecule has 168 valence electrons. The Hall–Kier alpha value is -1.83. The van der Waals surface area contributed by atoms with E-state index in [1.807, 2.05) is 37.3 Å². The SMILES string of the molecule is CC(O)(CCc1ccccc1)CCC1C(N=O)CC(O)C1CCCCOCC(=O)O. The molecular formula is C23H35NO6. The Morgan fingerprint density at radius 3 is 2.57 bits per heavy atom. The third kappa shape index (κ3) is 8.13. The summed E-state index contributed by atoms with van der Waals surface area (Å²) in [6.07, 6.45) is 4.67. The average molecular weight is 422 g/mol. The third-order valence-corrected chi connectivity index (χ3v) is 6.27. The van der Waals surface area contributed by atoms with Crippen molar-refractivity contribution in [1.29, 1.82) is 0 Å². The molecular weight excluding hydrogens is 386 g/mol. The monoisotopic (exact) mass is 421 g/mol. The predicted molar refractivity (Wildman–Crippen MR) is 114 cm³/mol. The Morgan fingerprint density at radius 2 is 1.90 bits per heavy atom. The van der Waals surface area contributed by atoms with Crippen molar-refractivity contribution in [2.24, 2.45) is 17.0 Å². The van der Waals surface area contributed by atoms with Crippen molar-refractivity contribution in [3.05, 3.63) is 40.8 Å². The molecule has 0 heterocycles. The highest BCUT2D eigenvalue weighted by atomic mass is 16.5. The van der Waals surface area contributed by atoms with Crippen molar-refractivity contribution in [3.8, 4) is 0 Å². The molecule has 3 N–H and O–H groups in total. The van der Waals surface area contributed by atoms with E-state index in [0.29, 0.717) is 38.7 Å². The second-order valence-corrected chi connectivity index (χ2v) is 8.77. The molecule has 0 bridgehead atoms. The summed E-state index contributed by atoms with van der Waals surface area (Å²) < 4.78 is 5.05. The van der Waals surface area contributed by atoms with Gasteiger partial charge in [0, 0.05) is 6.61 Å². The van der Waals surface area contributed by atoms with E-state index in [9.17, 15) is 19.9 Å². The normalized spacial score (nSPS) is 25.7. The van der Waals surface area contributed by atoms with Crippen LogP contribution < -0.4 is 0 Å². The summed E-state index contributed by atoms with van der Waals surface area (Å²) in [5.41, 5.74) is 0.343. The summed E-state index contributed by atoms with van der Waals surface area (Å²) in [6, 6.07) is 9.62. The summed E-state index contributed by atoms with van der Waals surface area (Å²) in [7, 11) is 0. The molecule has 1 aliphatic carbocycles. The number of ether oxygens (including phenoxy) is 1. The van der Waals surface area contributed by atoms with Gasteiger partial charge < -0.3 is 20.1 Å². The van der Waals surface area contributed by atoms with Crippen LogP contribution >= 0.6 is 0 Å². The van der Waals surface area contributed by atoms with Gasteiger partial charge in [-0.25, -0.2) is 4.79 Å². The van der Waals surface area contributed by atoms with Crippen LogP contribution in [0, 0.1) is 16.7 Å². The van der Waals surface area contributed by atoms with Crippen LogP contribution in [0.1, 0.15) is 57.4 Å². The van der Waals surface area contributed by atoms with Crippen molar-refractivity contribution in [3.63, 3.8) is 0 Å². The minimum atomic E-state index is -0.986. The number of aliphatic carboxylic acids is 1. The van der Waals surface area contributed by atoms with E-state index in [-0.39, 0.29) is 18.4 Å². The quantitative estimate of drug-likeness (QED) is 0.312. The molecule has 1 saturated carbocycles. The lowest BCUT2D eigenvalue weighted by molar-refractivity contribution is -0.142. The Labute approximate surface area is 178 Å². The lowest BCUT2D eigenvalue weighted by Gasteiger charge is -2.28. The van der Waals surface area contributed by atoms with Gasteiger partial charge in [-0.05, 0) is 69.3 Å². The van der Waals surface area contributed by atoms with E-state index in [0.717, 1.165) is 19.3 Å². The molecule has 0 aromatic heterocycles. The van der Waals surface area contributed by atoms with Crippen molar-refractivity contribution >= 4 is 5.97 Å². The number of rotatable bonds is 14. The van der Waals surface area contributed by atoms with Crippen molar-refractivity contribution < 1.29 is 24.9 Å². The molecule has 30 heavy (non-hydrogen) atoms. The number of hydrogen-bond donors (Lipinski definition) is 3. The van der Waals surface area contributed by atoms with Gasteiger partial charge >= 0.3 is 5.97 Å². The second-order valence-electron chi connectivity index (χ2n) is 8.77. The summed E-state index contributed by atoms with van der Waals surface area (Å²) in [4.78, 5) is 21.8. The molecule has 0 spiro atoms. The number of benzene rings is 1. The predicted octanol–water partition coefficient (Wildman–Crippen LogP) is 3.55. The number of carboxylic acid groups (broad SMARTS) is 1. The molecule has 1 aliphatic rings. The number of nitroso groups, excluding NO2 is 1. The molecule has 7 nitrogen and oxygen atoms in total. The molecule has 0 amide bonds. The van der Waals surface area contributed by atoms with Gasteiger partial charge in [0.25, 0.3) is 0 Å². The van der Waals surface area contributed by atoms with Crippen LogP contribution in [-0.2, 0) is 16.0 Å². The number of aliphatic hydroxyl groups excluding tert-OH is 1. The molecule has 0 aliphatic heterocycles. The molecule has 2 rings (SSSR count). The standard InChI is InChI=1S/C23H35NO6/c1-23(28,12-10-17-7-3-2-4-8-17)13-11-18-19(21(25)15-20(18)24-29)9-5-6-14-30-16-22(26)27/h2-4,7-8,18-21,25,28H,5-6,9-16H2,1H3,(H,26,27). The molecule has 7 heteroatoms. The van der Waals surface area contributed by atoms with Crippen LogP contribution in [-0.4, -0.2) is 52.2 Å². The Kier molecular flexibility index (Phi) is 9.88. The van der Waals surface area contributed by atoms with Crippen molar-refractivity contribution in [2.75, 3.05) is 13.2 Å². The molecule has 5 unspecified atom stereocenters. The maximum atomic E-state index is 11.3. The number of aliphatic hydroxyl groups is 2. The Morgan fingerprint density at radius 1 is 1.17 bits per heavy atom. The van der Waals surface area contributed by atoms with E-state index in [1.165, 1.54) is 5.56 Å². The van der Waals surface area contributed by atoms with Crippen LogP contribution in [0.5, 0.6) is 0 Å². The molecule has 1 aromatic rings. The van der Waals surface area contributed by atoms with Gasteiger partial charge in [0.15, 0.2) is 0 Å². The van der Waals surface area contributed by atoms with E-state index < -0.39 is 23.7 Å². The average Bonchev–Trinajstić information content (AvgIpc) is 3.03. The van der Waals surface area contributed by atoms with Gasteiger partial charge in [-0.15, -0.1) is 0 Å². The van der Waals surface area contributed by atoms with Crippen LogP contribution in [0.3, 0.4) is 0 Å². The van der Waals surface area contributed by atoms with Gasteiger partial charge in [0.2, 0.25) is 0 Å². The molecule has 0 radical (unpaired) electrons. The smallest absolute Gasteiger partial charge is 0.329 e. The van der Waals surface area contributed by atoms with E-state index in [2.05, 4.69) is 5.18 Å². The number of unbranched alkanes of at least 4 members (excludes halogenated alkanes) is 1. The zero-order valence-corrected chi connectivity index (χ0v) is 17.8. The molecule has 0 saturated heterocycles. The third-order valence-electron chi connectivity index (χ3n) is 6.27. The molecule has 1 aromatic carbocycles. The van der Waals surface area contributed by atoms with E-state index in [4.69, 9.17) is 9.84 Å². The van der Waals surface area contributed by atoms with Crippen LogP contribution in [0.4, 0.5) is 0 Å². The number of hydrogen-bond acceptors (Lipinski definition) is 6. The van der Waals surface area contributed by atoms with Crippen molar-refractivity contribution in [1.82, 2.24) is 0 Å². The largest absolute Gasteiger partial charge is 0.480 e. The highest BCUT2D eigenvalue weighted by molar-refractivity contribution is 5.67. The number of carbonyl (C=O) groups is 1. The van der Waals surface area contributed by atoms with E-state index in [1.54, 1.807) is 0 Å². The van der Waals surface area contributed by atoms with Crippen LogP contribution in [0.2, 0.25) is 0 Å². The first-order valence-corrected chi connectivity index (χ1v) is 10.9. The Bertz CT molecular complexity index is 650.